The van der Waals surface area contributed by atoms with Gasteiger partial charge < -0.3 is 24.6 Å². The van der Waals surface area contributed by atoms with E-state index in [1.54, 1.807) is 6.33 Å². The molecule has 36 heavy (non-hydrogen) atoms. The number of amides is 1. The zero-order valence-electron chi connectivity index (χ0n) is 20.9. The first-order valence-corrected chi connectivity index (χ1v) is 14.0. The highest BCUT2D eigenvalue weighted by molar-refractivity contribution is 7.98. The van der Waals surface area contributed by atoms with Gasteiger partial charge >= 0.3 is 12.1 Å². The Hall–Kier alpha value is -2.57. The fourth-order valence-corrected chi connectivity index (χ4v) is 7.30. The molecule has 0 saturated carbocycles. The number of rotatable bonds is 10. The molecule has 4 atom stereocenters. The van der Waals surface area contributed by atoms with Crippen molar-refractivity contribution in [3.8, 4) is 0 Å². The topological polar surface area (TPSA) is 131 Å². The van der Waals surface area contributed by atoms with Crippen molar-refractivity contribution in [2.75, 3.05) is 12.9 Å². The molecular weight excluding hydrogens is 506 g/mol. The van der Waals surface area contributed by atoms with Crippen molar-refractivity contribution >= 4 is 51.5 Å². The molecule has 0 bridgehead atoms. The molecule has 196 valence electrons. The van der Waals surface area contributed by atoms with Gasteiger partial charge in [0, 0.05) is 17.2 Å². The molecule has 1 saturated heterocycles. The number of carboxylic acids is 1. The Morgan fingerprint density at radius 2 is 2.03 bits per heavy atom. The van der Waals surface area contributed by atoms with Crippen LogP contribution in [0.2, 0.25) is 0 Å². The van der Waals surface area contributed by atoms with Crippen LogP contribution >= 0.6 is 23.1 Å². The van der Waals surface area contributed by atoms with E-state index in [0.717, 1.165) is 9.86 Å². The van der Waals surface area contributed by atoms with E-state index in [2.05, 4.69) is 4.98 Å². The first-order valence-electron chi connectivity index (χ1n) is 11.9. The number of hydrogen-bond acceptors (Lipinski definition) is 9. The lowest BCUT2D eigenvalue weighted by molar-refractivity contribution is -0.167. The van der Waals surface area contributed by atoms with Gasteiger partial charge in [0.15, 0.2) is 0 Å². The van der Waals surface area contributed by atoms with Crippen LogP contribution in [0.15, 0.2) is 23.2 Å². The molecule has 2 aromatic heterocycles. The number of aliphatic hydroxyl groups excluding tert-OH is 1. The summed E-state index contributed by atoms with van der Waals surface area (Å²) in [7, 11) is 0. The quantitative estimate of drug-likeness (QED) is 0.263. The second-order valence-corrected chi connectivity index (χ2v) is 11.2. The highest BCUT2D eigenvalue weighted by atomic mass is 32.2. The van der Waals surface area contributed by atoms with Crippen LogP contribution in [0.3, 0.4) is 0 Å². The Morgan fingerprint density at radius 1 is 1.33 bits per heavy atom. The maximum atomic E-state index is 13.0. The number of imidazole rings is 1. The van der Waals surface area contributed by atoms with E-state index >= 15 is 0 Å². The molecule has 0 radical (unpaired) electrons. The number of fused-ring (bicyclic) bond motifs is 2. The average molecular weight is 538 g/mol. The summed E-state index contributed by atoms with van der Waals surface area (Å²) in [5, 5.41) is 21.4. The van der Waals surface area contributed by atoms with Crippen molar-refractivity contribution < 1.29 is 34.1 Å². The SMILES string of the molecule is CCC(CC)OC(=O)OCC[C@@]1(C)C(c2cn3cnc(SC)c3s2)=C(C(=O)O)N2C(=O)[C@H]([C@@H](C)O)[C@@H]21. The molecule has 2 aromatic rings. The van der Waals surface area contributed by atoms with Crippen LogP contribution in [0.5, 0.6) is 0 Å². The van der Waals surface area contributed by atoms with Gasteiger partial charge in [-0.3, -0.25) is 9.20 Å². The van der Waals surface area contributed by atoms with Crippen LogP contribution < -0.4 is 0 Å². The number of ether oxygens (including phenoxy) is 2. The van der Waals surface area contributed by atoms with Gasteiger partial charge in [0.1, 0.15) is 28.0 Å². The molecule has 2 aliphatic heterocycles. The minimum absolute atomic E-state index is 0.0289. The molecule has 0 aliphatic carbocycles. The highest BCUT2D eigenvalue weighted by Gasteiger charge is 2.66. The number of carboxylic acid groups (broad SMARTS) is 1. The third-order valence-corrected chi connectivity index (χ3v) is 9.14. The number of carbonyl (C=O) groups excluding carboxylic acids is 2. The standard InChI is InChI=1S/C24H31N3O7S2/c1-6-13(7-2)34-23(32)33-9-8-24(4)16(14-10-26-11-25-19(35-5)21(26)36-14)17(22(30)31)27-18(24)15(12(3)28)20(27)29/h10-13,15,18,28H,6-9H2,1-5H3,(H,30,31)/t12-,15-,18-,24+/m1/s1. The van der Waals surface area contributed by atoms with Crippen LogP contribution in [0.4, 0.5) is 4.79 Å². The first-order chi connectivity index (χ1) is 17.1. The van der Waals surface area contributed by atoms with Crippen molar-refractivity contribution in [1.82, 2.24) is 14.3 Å². The Bertz CT molecular complexity index is 1220. The minimum Gasteiger partial charge on any atom is -0.477 e. The van der Waals surface area contributed by atoms with Crippen molar-refractivity contribution in [3.63, 3.8) is 0 Å². The third kappa shape index (κ3) is 4.18. The second-order valence-electron chi connectivity index (χ2n) is 9.33. The summed E-state index contributed by atoms with van der Waals surface area (Å²) in [6, 6.07) is -0.579. The van der Waals surface area contributed by atoms with Crippen molar-refractivity contribution in [3.05, 3.63) is 23.1 Å². The van der Waals surface area contributed by atoms with E-state index in [9.17, 15) is 24.6 Å². The molecule has 1 amide bonds. The molecule has 0 aromatic carbocycles. The van der Waals surface area contributed by atoms with Gasteiger partial charge in [0.05, 0.1) is 29.5 Å². The van der Waals surface area contributed by atoms with Gasteiger partial charge in [-0.05, 0) is 32.4 Å². The third-order valence-electron chi connectivity index (χ3n) is 7.20. The van der Waals surface area contributed by atoms with Gasteiger partial charge in [-0.1, -0.05) is 20.8 Å². The van der Waals surface area contributed by atoms with E-state index in [1.165, 1.54) is 34.9 Å². The van der Waals surface area contributed by atoms with Gasteiger partial charge in [-0.2, -0.15) is 0 Å². The summed E-state index contributed by atoms with van der Waals surface area (Å²) in [5.41, 5.74) is -0.490. The largest absolute Gasteiger partial charge is 0.508 e. The van der Waals surface area contributed by atoms with Crippen molar-refractivity contribution in [2.24, 2.45) is 11.3 Å². The first kappa shape index (κ1) is 26.5. The van der Waals surface area contributed by atoms with E-state index in [1.807, 2.05) is 37.6 Å². The monoisotopic (exact) mass is 537 g/mol. The number of aromatic nitrogens is 2. The number of thioether (sulfide) groups is 1. The molecular formula is C24H31N3O7S2. The fourth-order valence-electron chi connectivity index (χ4n) is 5.34. The van der Waals surface area contributed by atoms with Crippen LogP contribution in [0.25, 0.3) is 10.4 Å². The molecule has 2 N–H and O–H groups in total. The summed E-state index contributed by atoms with van der Waals surface area (Å²) in [6.45, 7) is 7.22. The number of β-lactam (4-membered cyclic amide) rings is 1. The van der Waals surface area contributed by atoms with Crippen LogP contribution in [0, 0.1) is 11.3 Å². The van der Waals surface area contributed by atoms with E-state index in [-0.39, 0.29) is 24.8 Å². The van der Waals surface area contributed by atoms with E-state index in [0.29, 0.717) is 23.3 Å². The predicted octanol–water partition coefficient (Wildman–Crippen LogP) is 3.87. The second kappa shape index (κ2) is 10.1. The molecule has 0 spiro atoms. The maximum absolute atomic E-state index is 13.0. The van der Waals surface area contributed by atoms with Crippen LogP contribution in [0.1, 0.15) is 51.8 Å². The smallest absolute Gasteiger partial charge is 0.477 e. The molecule has 2 aliphatic rings. The summed E-state index contributed by atoms with van der Waals surface area (Å²) < 4.78 is 12.5. The maximum Gasteiger partial charge on any atom is 0.508 e. The number of carbonyl (C=O) groups is 3. The average Bonchev–Trinajstić information content (AvgIpc) is 3.45. The zero-order chi connectivity index (χ0) is 26.4. The van der Waals surface area contributed by atoms with Gasteiger partial charge in [0.2, 0.25) is 5.91 Å². The summed E-state index contributed by atoms with van der Waals surface area (Å²) in [6.07, 6.45) is 5.03. The Morgan fingerprint density at radius 3 is 2.61 bits per heavy atom. The molecule has 12 heteroatoms. The van der Waals surface area contributed by atoms with Crippen LogP contribution in [-0.4, -0.2) is 73.6 Å². The van der Waals surface area contributed by atoms with Crippen molar-refractivity contribution in [1.29, 1.82) is 0 Å². The fraction of sp³-hybridized carbons (Fsp3) is 0.583. The zero-order valence-corrected chi connectivity index (χ0v) is 22.5. The number of thiazole rings is 1. The summed E-state index contributed by atoms with van der Waals surface area (Å²) in [5.74, 6) is -2.39. The molecule has 4 heterocycles. The number of aliphatic carboxylic acids is 1. The van der Waals surface area contributed by atoms with Crippen LogP contribution in [-0.2, 0) is 19.1 Å². The van der Waals surface area contributed by atoms with Gasteiger partial charge in [-0.25, -0.2) is 14.6 Å². The Balaban J connectivity index is 1.72. The Kier molecular flexibility index (Phi) is 7.40. The Labute approximate surface area is 217 Å². The molecule has 10 nitrogen and oxygen atoms in total. The lowest BCUT2D eigenvalue weighted by Crippen LogP contribution is -2.66. The molecule has 1 fully saturated rings. The number of nitrogens with zero attached hydrogens (tertiary/aromatic N) is 3. The van der Waals surface area contributed by atoms with Crippen molar-refractivity contribution in [2.45, 2.75) is 70.2 Å². The lowest BCUT2D eigenvalue weighted by atomic mass is 9.66. The number of hydrogen-bond donors (Lipinski definition) is 2. The van der Waals surface area contributed by atoms with Gasteiger partial charge in [-0.15, -0.1) is 23.1 Å². The normalized spacial score (nSPS) is 24.3. The minimum atomic E-state index is -1.22. The van der Waals surface area contributed by atoms with E-state index in [4.69, 9.17) is 9.47 Å². The number of aliphatic hydroxyl groups is 1. The lowest BCUT2D eigenvalue weighted by Gasteiger charge is -2.50. The van der Waals surface area contributed by atoms with E-state index < -0.39 is 41.5 Å². The predicted molar refractivity (Wildman–Crippen MR) is 135 cm³/mol. The molecule has 4 rings (SSSR count). The summed E-state index contributed by atoms with van der Waals surface area (Å²) >= 11 is 2.89. The van der Waals surface area contributed by atoms with Gasteiger partial charge in [0.25, 0.3) is 0 Å². The summed E-state index contributed by atoms with van der Waals surface area (Å²) in [4.78, 5) is 45.0. The molecule has 0 unspecified atom stereocenters. The highest BCUT2D eigenvalue weighted by Crippen LogP contribution is 2.60.